The molecule has 1 heterocycles. The molecule has 30 heavy (non-hydrogen) atoms. The molecule has 0 bridgehead atoms. The summed E-state index contributed by atoms with van der Waals surface area (Å²) in [6.07, 6.45) is 0. The van der Waals surface area contributed by atoms with E-state index in [-0.39, 0.29) is 11.7 Å². The summed E-state index contributed by atoms with van der Waals surface area (Å²) in [4.78, 5) is 24.1. The van der Waals surface area contributed by atoms with Crippen molar-refractivity contribution in [1.29, 1.82) is 0 Å². The summed E-state index contributed by atoms with van der Waals surface area (Å²) in [5, 5.41) is 11.4. The molecule has 7 nitrogen and oxygen atoms in total. The van der Waals surface area contributed by atoms with Gasteiger partial charge in [0.2, 0.25) is 5.91 Å². The molecule has 1 amide bonds. The predicted octanol–water partition coefficient (Wildman–Crippen LogP) is 3.23. The summed E-state index contributed by atoms with van der Waals surface area (Å²) in [5.74, 6) is -1.02. The fraction of sp³-hybridized carbons (Fsp3) is 0.238. The Hall–Kier alpha value is -3.20. The smallest absolute Gasteiger partial charge is 0.330 e. The lowest BCUT2D eigenvalue weighted by atomic mass is 10.1. The number of esters is 1. The first-order valence-electron chi connectivity index (χ1n) is 9.11. The van der Waals surface area contributed by atoms with E-state index >= 15 is 0 Å². The van der Waals surface area contributed by atoms with Crippen molar-refractivity contribution in [3.05, 3.63) is 60.4 Å². The van der Waals surface area contributed by atoms with Crippen LogP contribution in [0.15, 0.2) is 59.8 Å². The quantitative estimate of drug-likeness (QED) is 0.459. The predicted molar refractivity (Wildman–Crippen MR) is 112 cm³/mol. The number of halogens is 1. The zero-order valence-corrected chi connectivity index (χ0v) is 17.6. The third-order valence-corrected chi connectivity index (χ3v) is 5.17. The first-order chi connectivity index (χ1) is 14.3. The lowest BCUT2D eigenvalue weighted by molar-refractivity contribution is -0.149. The Kier molecular flexibility index (Phi) is 6.51. The summed E-state index contributed by atoms with van der Waals surface area (Å²) in [6.45, 7) is 3.12. The molecule has 0 unspecified atom stereocenters. The minimum absolute atomic E-state index is 0.0112. The molecule has 3 rings (SSSR count). The molecule has 0 fully saturated rings. The summed E-state index contributed by atoms with van der Waals surface area (Å²) in [5.41, 5.74) is -0.117. The Morgan fingerprint density at radius 1 is 1.10 bits per heavy atom. The van der Waals surface area contributed by atoms with Crippen LogP contribution in [-0.2, 0) is 14.3 Å². The van der Waals surface area contributed by atoms with E-state index in [0.717, 1.165) is 17.4 Å². The molecule has 2 aromatic carbocycles. The highest BCUT2D eigenvalue weighted by atomic mass is 32.2. The maximum Gasteiger partial charge on any atom is 0.330 e. The van der Waals surface area contributed by atoms with Crippen LogP contribution < -0.4 is 5.32 Å². The SMILES string of the molecule is COC(=O)C(C)(C)NC(=O)CSc1nnc(-c2ccccc2F)n1-c1ccccc1. The number of thioether (sulfide) groups is 1. The van der Waals surface area contributed by atoms with Crippen molar-refractivity contribution in [3.63, 3.8) is 0 Å². The van der Waals surface area contributed by atoms with Gasteiger partial charge in [-0.25, -0.2) is 9.18 Å². The number of carbonyl (C=O) groups is 2. The van der Waals surface area contributed by atoms with E-state index in [1.165, 1.54) is 13.2 Å². The molecule has 0 aliphatic carbocycles. The van der Waals surface area contributed by atoms with Crippen LogP contribution in [0.25, 0.3) is 17.1 Å². The molecule has 156 valence electrons. The number of benzene rings is 2. The van der Waals surface area contributed by atoms with Gasteiger partial charge < -0.3 is 10.1 Å². The molecule has 3 aromatic rings. The summed E-state index contributed by atoms with van der Waals surface area (Å²) in [7, 11) is 1.26. The normalized spacial score (nSPS) is 11.2. The molecule has 0 saturated carbocycles. The van der Waals surface area contributed by atoms with Gasteiger partial charge in [-0.1, -0.05) is 42.1 Å². The van der Waals surface area contributed by atoms with Crippen molar-refractivity contribution in [2.45, 2.75) is 24.5 Å². The second kappa shape index (κ2) is 9.08. The molecule has 1 aromatic heterocycles. The van der Waals surface area contributed by atoms with Crippen molar-refractivity contribution in [3.8, 4) is 17.1 Å². The maximum absolute atomic E-state index is 14.4. The second-order valence-electron chi connectivity index (χ2n) is 6.91. The van der Waals surface area contributed by atoms with Gasteiger partial charge in [-0.15, -0.1) is 10.2 Å². The van der Waals surface area contributed by atoms with E-state index in [4.69, 9.17) is 4.74 Å². The van der Waals surface area contributed by atoms with E-state index in [2.05, 4.69) is 15.5 Å². The third-order valence-electron chi connectivity index (χ3n) is 4.24. The van der Waals surface area contributed by atoms with Crippen molar-refractivity contribution < 1.29 is 18.7 Å². The van der Waals surface area contributed by atoms with E-state index in [9.17, 15) is 14.0 Å². The Labute approximate surface area is 177 Å². The van der Waals surface area contributed by atoms with Crippen molar-refractivity contribution >= 4 is 23.6 Å². The number of methoxy groups -OCH3 is 1. The minimum atomic E-state index is -1.15. The number of ether oxygens (including phenoxy) is 1. The molecule has 0 radical (unpaired) electrons. The molecule has 0 spiro atoms. The number of nitrogens with one attached hydrogen (secondary N) is 1. The number of nitrogens with zero attached hydrogens (tertiary/aromatic N) is 3. The third kappa shape index (κ3) is 4.68. The lowest BCUT2D eigenvalue weighted by Crippen LogP contribution is -2.50. The number of hydrogen-bond acceptors (Lipinski definition) is 6. The van der Waals surface area contributed by atoms with Gasteiger partial charge in [0.15, 0.2) is 11.0 Å². The van der Waals surface area contributed by atoms with Gasteiger partial charge in [-0.2, -0.15) is 0 Å². The van der Waals surface area contributed by atoms with Crippen LogP contribution in [-0.4, -0.2) is 45.0 Å². The summed E-state index contributed by atoms with van der Waals surface area (Å²) < 4.78 is 20.8. The van der Waals surface area contributed by atoms with Crippen LogP contribution in [0.4, 0.5) is 4.39 Å². The van der Waals surface area contributed by atoms with E-state index < -0.39 is 17.3 Å². The topological polar surface area (TPSA) is 86.1 Å². The number of hydrogen-bond donors (Lipinski definition) is 1. The van der Waals surface area contributed by atoms with Gasteiger partial charge in [0.25, 0.3) is 0 Å². The van der Waals surface area contributed by atoms with Crippen LogP contribution in [0, 0.1) is 5.82 Å². The first kappa shape index (κ1) is 21.5. The van der Waals surface area contributed by atoms with Crippen LogP contribution >= 0.6 is 11.8 Å². The van der Waals surface area contributed by atoms with Crippen LogP contribution in [0.5, 0.6) is 0 Å². The second-order valence-corrected chi connectivity index (χ2v) is 7.85. The molecule has 1 N–H and O–H groups in total. The Balaban J connectivity index is 1.88. The van der Waals surface area contributed by atoms with Crippen molar-refractivity contribution in [1.82, 2.24) is 20.1 Å². The molecular formula is C21H21FN4O3S. The number of rotatable bonds is 7. The summed E-state index contributed by atoms with van der Waals surface area (Å²) >= 11 is 1.13. The van der Waals surface area contributed by atoms with E-state index in [1.54, 1.807) is 36.6 Å². The monoisotopic (exact) mass is 428 g/mol. The van der Waals surface area contributed by atoms with E-state index in [0.29, 0.717) is 16.5 Å². The number of carbonyl (C=O) groups excluding carboxylic acids is 2. The molecule has 0 aliphatic heterocycles. The largest absolute Gasteiger partial charge is 0.467 e. The van der Waals surface area contributed by atoms with Crippen molar-refractivity contribution in [2.24, 2.45) is 0 Å². The molecule has 0 atom stereocenters. The first-order valence-corrected chi connectivity index (χ1v) is 10.1. The molecule has 9 heteroatoms. The Morgan fingerprint density at radius 3 is 2.43 bits per heavy atom. The van der Waals surface area contributed by atoms with Gasteiger partial charge in [0.1, 0.15) is 11.4 Å². The van der Waals surface area contributed by atoms with Gasteiger partial charge in [0.05, 0.1) is 18.4 Å². The number of para-hydroxylation sites is 1. The van der Waals surface area contributed by atoms with Gasteiger partial charge in [-0.3, -0.25) is 9.36 Å². The lowest BCUT2D eigenvalue weighted by Gasteiger charge is -2.22. The molecular weight excluding hydrogens is 407 g/mol. The summed E-state index contributed by atoms with van der Waals surface area (Å²) in [6, 6.07) is 15.6. The Bertz CT molecular complexity index is 1050. The fourth-order valence-electron chi connectivity index (χ4n) is 2.81. The van der Waals surface area contributed by atoms with E-state index in [1.807, 2.05) is 30.3 Å². The highest BCUT2D eigenvalue weighted by molar-refractivity contribution is 7.99. The minimum Gasteiger partial charge on any atom is -0.467 e. The van der Waals surface area contributed by atoms with Gasteiger partial charge in [0, 0.05) is 5.69 Å². The van der Waals surface area contributed by atoms with Crippen LogP contribution in [0.1, 0.15) is 13.8 Å². The highest BCUT2D eigenvalue weighted by Gasteiger charge is 2.30. The van der Waals surface area contributed by atoms with Gasteiger partial charge in [-0.05, 0) is 38.1 Å². The standard InChI is InChI=1S/C21H21FN4O3S/c1-21(2,19(28)29-3)23-17(27)13-30-20-25-24-18(15-11-7-8-12-16(15)22)26(20)14-9-5-4-6-10-14/h4-12H,13H2,1-3H3,(H,23,27). The molecule has 0 saturated heterocycles. The van der Waals surface area contributed by atoms with Gasteiger partial charge >= 0.3 is 5.97 Å². The zero-order chi connectivity index (χ0) is 21.7. The average Bonchev–Trinajstić information content (AvgIpc) is 3.16. The zero-order valence-electron chi connectivity index (χ0n) is 16.8. The fourth-order valence-corrected chi connectivity index (χ4v) is 3.56. The number of aromatic nitrogens is 3. The van der Waals surface area contributed by atoms with Crippen LogP contribution in [0.2, 0.25) is 0 Å². The van der Waals surface area contributed by atoms with Crippen molar-refractivity contribution in [2.75, 3.05) is 12.9 Å². The highest BCUT2D eigenvalue weighted by Crippen LogP contribution is 2.29. The maximum atomic E-state index is 14.4. The molecule has 0 aliphatic rings. The van der Waals surface area contributed by atoms with Crippen LogP contribution in [0.3, 0.4) is 0 Å². The average molecular weight is 428 g/mol. The number of amides is 1. The Morgan fingerprint density at radius 2 is 1.77 bits per heavy atom.